The number of unbranched alkanes of at least 4 members (excludes halogenated alkanes) is 7. The first-order chi connectivity index (χ1) is 9.45. The van der Waals surface area contributed by atoms with Crippen molar-refractivity contribution in [2.24, 2.45) is 0 Å². The number of rotatable bonds is 11. The van der Waals surface area contributed by atoms with Gasteiger partial charge in [0.25, 0.3) is 0 Å². The lowest BCUT2D eigenvalue weighted by Crippen LogP contribution is -1.82. The maximum Gasteiger partial charge on any atom is -0.0345 e. The molecule has 0 aliphatic heterocycles. The normalized spacial score (nSPS) is 12.6. The maximum absolute atomic E-state index is 3.96. The minimum absolute atomic E-state index is 1.20. The summed E-state index contributed by atoms with van der Waals surface area (Å²) in [5, 5.41) is 0. The molecule has 0 saturated heterocycles. The lowest BCUT2D eigenvalue weighted by Gasteiger charge is -2.02. The summed E-state index contributed by atoms with van der Waals surface area (Å²) < 4.78 is 0. The van der Waals surface area contributed by atoms with Gasteiger partial charge in [0.1, 0.15) is 0 Å². The molecule has 0 rings (SSSR count). The first-order valence-corrected chi connectivity index (χ1v) is 8.10. The van der Waals surface area contributed by atoms with E-state index in [0.29, 0.717) is 0 Å². The van der Waals surface area contributed by atoms with Crippen LogP contribution < -0.4 is 0 Å². The number of hydrogen-bond donors (Lipinski definition) is 0. The Bertz CT molecular complexity index is 316. The average molecular weight is 274 g/mol. The van der Waals surface area contributed by atoms with Crippen molar-refractivity contribution in [2.75, 3.05) is 0 Å². The van der Waals surface area contributed by atoms with E-state index in [1.807, 2.05) is 0 Å². The summed E-state index contributed by atoms with van der Waals surface area (Å²) in [5.74, 6) is 0. The summed E-state index contributed by atoms with van der Waals surface area (Å²) in [7, 11) is 0. The third-order valence-electron chi connectivity index (χ3n) is 3.91. The van der Waals surface area contributed by atoms with Crippen molar-refractivity contribution in [1.29, 1.82) is 0 Å². The summed E-state index contributed by atoms with van der Waals surface area (Å²) in [6.07, 6.45) is 15.2. The van der Waals surface area contributed by atoms with Gasteiger partial charge in [0, 0.05) is 0 Å². The van der Waals surface area contributed by atoms with Gasteiger partial charge < -0.3 is 0 Å². The standard InChI is InChI=1S/C20H34/c1-17(2)19(5)15-13-11-9-7-8-10-12-14-16-20(6)18(3)4/h15-16H,1,3,7-14H2,2,4-6H3. The van der Waals surface area contributed by atoms with E-state index in [1.54, 1.807) is 0 Å². The first kappa shape index (κ1) is 19.0. The van der Waals surface area contributed by atoms with E-state index >= 15 is 0 Å². The zero-order valence-corrected chi connectivity index (χ0v) is 14.2. The van der Waals surface area contributed by atoms with Gasteiger partial charge in [0.05, 0.1) is 0 Å². The fourth-order valence-electron chi connectivity index (χ4n) is 1.98. The van der Waals surface area contributed by atoms with Gasteiger partial charge in [-0.05, 0) is 53.4 Å². The van der Waals surface area contributed by atoms with Crippen LogP contribution in [0.15, 0.2) is 47.6 Å². The topological polar surface area (TPSA) is 0 Å². The van der Waals surface area contributed by atoms with E-state index < -0.39 is 0 Å². The SMILES string of the molecule is C=C(C)C(C)=CCCCCCCCCC=C(C)C(=C)C. The molecule has 0 radical (unpaired) electrons. The largest absolute Gasteiger partial charge is 0.0959 e. The predicted molar refractivity (Wildman–Crippen MR) is 94.1 cm³/mol. The van der Waals surface area contributed by atoms with Gasteiger partial charge in [-0.2, -0.15) is 0 Å². The third-order valence-corrected chi connectivity index (χ3v) is 3.91. The summed E-state index contributed by atoms with van der Waals surface area (Å²) in [6, 6.07) is 0. The summed E-state index contributed by atoms with van der Waals surface area (Å²) >= 11 is 0. The van der Waals surface area contributed by atoms with Crippen molar-refractivity contribution in [3.05, 3.63) is 47.6 Å². The molecule has 0 N–H and O–H groups in total. The van der Waals surface area contributed by atoms with Crippen LogP contribution in [-0.2, 0) is 0 Å². The fourth-order valence-corrected chi connectivity index (χ4v) is 1.98. The van der Waals surface area contributed by atoms with E-state index in [9.17, 15) is 0 Å². The highest BCUT2D eigenvalue weighted by Gasteiger charge is 1.93. The van der Waals surface area contributed by atoms with Gasteiger partial charge in [-0.15, -0.1) is 0 Å². The van der Waals surface area contributed by atoms with Crippen LogP contribution in [0.5, 0.6) is 0 Å². The van der Waals surface area contributed by atoms with Crippen LogP contribution in [-0.4, -0.2) is 0 Å². The Morgan fingerprint density at radius 2 is 0.900 bits per heavy atom. The predicted octanol–water partition coefficient (Wildman–Crippen LogP) is 7.15. The van der Waals surface area contributed by atoms with Gasteiger partial charge in [-0.3, -0.25) is 0 Å². The molecule has 0 heterocycles. The molecule has 0 fully saturated rings. The van der Waals surface area contributed by atoms with Crippen LogP contribution in [0, 0.1) is 0 Å². The van der Waals surface area contributed by atoms with Crippen molar-refractivity contribution in [3.8, 4) is 0 Å². The zero-order chi connectivity index (χ0) is 15.4. The molecule has 0 aliphatic rings. The fraction of sp³-hybridized carbons (Fsp3) is 0.600. The van der Waals surface area contributed by atoms with Gasteiger partial charge >= 0.3 is 0 Å². The van der Waals surface area contributed by atoms with E-state index in [0.717, 1.165) is 0 Å². The second kappa shape index (κ2) is 11.8. The van der Waals surface area contributed by atoms with Crippen LogP contribution in [0.2, 0.25) is 0 Å². The summed E-state index contributed by atoms with van der Waals surface area (Å²) in [5.41, 5.74) is 5.10. The molecule has 0 aliphatic carbocycles. The van der Waals surface area contributed by atoms with Crippen LogP contribution in [0.3, 0.4) is 0 Å². The van der Waals surface area contributed by atoms with Crippen molar-refractivity contribution < 1.29 is 0 Å². The Labute approximate surface area is 127 Å². The Morgan fingerprint density at radius 3 is 1.20 bits per heavy atom. The quantitative estimate of drug-likeness (QED) is 0.277. The molecule has 0 unspecified atom stereocenters. The molecule has 0 aromatic heterocycles. The molecule has 20 heavy (non-hydrogen) atoms. The molecule has 0 amide bonds. The number of allylic oxidation sites excluding steroid dienone is 6. The van der Waals surface area contributed by atoms with Crippen molar-refractivity contribution in [3.63, 3.8) is 0 Å². The summed E-state index contributed by atoms with van der Waals surface area (Å²) in [6.45, 7) is 16.4. The highest BCUT2D eigenvalue weighted by atomic mass is 14.0. The van der Waals surface area contributed by atoms with E-state index in [2.05, 4.69) is 53.0 Å². The minimum Gasteiger partial charge on any atom is -0.0959 e. The monoisotopic (exact) mass is 274 g/mol. The Hall–Kier alpha value is -1.04. The smallest absolute Gasteiger partial charge is 0.0345 e. The maximum atomic E-state index is 3.96. The molecular weight excluding hydrogens is 240 g/mol. The Kier molecular flexibility index (Phi) is 11.1. The second-order valence-electron chi connectivity index (χ2n) is 6.03. The molecule has 0 saturated carbocycles. The van der Waals surface area contributed by atoms with Gasteiger partial charge in [-0.25, -0.2) is 0 Å². The number of hydrogen-bond acceptors (Lipinski definition) is 0. The lowest BCUT2D eigenvalue weighted by atomic mass is 10.0. The van der Waals surface area contributed by atoms with Crippen LogP contribution in [0.4, 0.5) is 0 Å². The highest BCUT2D eigenvalue weighted by Crippen LogP contribution is 2.13. The van der Waals surface area contributed by atoms with E-state index in [-0.39, 0.29) is 0 Å². The summed E-state index contributed by atoms with van der Waals surface area (Å²) in [4.78, 5) is 0. The molecule has 0 aromatic carbocycles. The third kappa shape index (κ3) is 10.8. The van der Waals surface area contributed by atoms with Crippen LogP contribution in [0.25, 0.3) is 0 Å². The van der Waals surface area contributed by atoms with E-state index in [4.69, 9.17) is 0 Å². The molecule has 114 valence electrons. The molecule has 0 bridgehead atoms. The van der Waals surface area contributed by atoms with Crippen molar-refractivity contribution >= 4 is 0 Å². The zero-order valence-electron chi connectivity index (χ0n) is 14.2. The van der Waals surface area contributed by atoms with Crippen LogP contribution in [0.1, 0.15) is 79.1 Å². The van der Waals surface area contributed by atoms with Crippen molar-refractivity contribution in [1.82, 2.24) is 0 Å². The minimum atomic E-state index is 1.20. The molecule has 0 heteroatoms. The second-order valence-corrected chi connectivity index (χ2v) is 6.03. The van der Waals surface area contributed by atoms with Crippen LogP contribution >= 0.6 is 0 Å². The van der Waals surface area contributed by atoms with E-state index in [1.165, 1.54) is 73.7 Å². The van der Waals surface area contributed by atoms with Gasteiger partial charge in [0.2, 0.25) is 0 Å². The molecule has 0 aromatic rings. The molecule has 0 nitrogen and oxygen atoms in total. The average Bonchev–Trinajstić information content (AvgIpc) is 2.39. The first-order valence-electron chi connectivity index (χ1n) is 8.10. The van der Waals surface area contributed by atoms with Gasteiger partial charge in [0.15, 0.2) is 0 Å². The highest BCUT2D eigenvalue weighted by molar-refractivity contribution is 5.23. The Balaban J connectivity index is 3.42. The Morgan fingerprint density at radius 1 is 0.600 bits per heavy atom. The molecular formula is C20H34. The molecule has 0 atom stereocenters. The van der Waals surface area contributed by atoms with Crippen molar-refractivity contribution in [2.45, 2.75) is 79.1 Å². The van der Waals surface area contributed by atoms with Gasteiger partial charge in [-0.1, -0.05) is 73.3 Å². The lowest BCUT2D eigenvalue weighted by molar-refractivity contribution is 0.599. The molecule has 0 spiro atoms.